The van der Waals surface area contributed by atoms with Crippen LogP contribution in [0.25, 0.3) is 19.4 Å². The molecule has 0 aliphatic rings. The van der Waals surface area contributed by atoms with Crippen LogP contribution in [0.3, 0.4) is 0 Å². The van der Waals surface area contributed by atoms with Crippen LogP contribution in [0.1, 0.15) is 41.5 Å². The third kappa shape index (κ3) is 34.4. The van der Waals surface area contributed by atoms with Crippen LogP contribution in [-0.2, 0) is 11.1 Å². The van der Waals surface area contributed by atoms with Gasteiger partial charge in [-0.25, -0.2) is 0 Å². The predicted molar refractivity (Wildman–Crippen MR) is 209 cm³/mol. The van der Waals surface area contributed by atoms with Gasteiger partial charge >= 0.3 is 39.9 Å². The van der Waals surface area contributed by atoms with E-state index in [1.54, 1.807) is 0 Å². The molecule has 0 spiro atoms. The third-order valence-electron chi connectivity index (χ3n) is 4.25. The largest absolute Gasteiger partial charge is 4.00 e. The Morgan fingerprint density at radius 2 is 0.571 bits per heavy atom. The van der Waals surface area contributed by atoms with Crippen LogP contribution in [0.5, 0.6) is 0 Å². The molecule has 0 aliphatic carbocycles. The maximum Gasteiger partial charge on any atom is 4.00 e. The maximum atomic E-state index is 10.0. The molecule has 0 saturated carbocycles. The van der Waals surface area contributed by atoms with Crippen LogP contribution >= 0.6 is 0 Å². The Bertz CT molecular complexity index is 790. The predicted octanol–water partition coefficient (Wildman–Crippen LogP) is 11.4. The molecule has 1 rings (SSSR count). The molecule has 0 atom stereocenters. The van der Waals surface area contributed by atoms with Crippen molar-refractivity contribution < 1.29 is 39.9 Å². The van der Waals surface area contributed by atoms with Crippen LogP contribution in [0.15, 0.2) is 12.4 Å². The molecule has 13 heteroatoms. The summed E-state index contributed by atoms with van der Waals surface area (Å²) in [5.74, 6) is 0. The van der Waals surface area contributed by atoms with Crippen molar-refractivity contribution in [3.63, 3.8) is 0 Å². The Hall–Kier alpha value is 1.52. The SMILES string of the molecule is CC(C)(C)n1ccn(C(C)(C)C)c1=[N-].C[Si](C)(C)[N-][Si](C)(C)C.C[Si](C)(C)[N-][Si](C)(C)C.C[Si](C)(C)[N-][Si](C)(C)C.[Th+4]. The molecule has 0 aromatic carbocycles. The monoisotopic (exact) mass is 906 g/mol. The number of nitrogens with zero attached hydrogens (tertiary/aromatic N) is 6. The van der Waals surface area contributed by atoms with Crippen molar-refractivity contribution in [3.05, 3.63) is 37.4 Å². The van der Waals surface area contributed by atoms with Crippen molar-refractivity contribution in [2.24, 2.45) is 0 Å². The first-order chi connectivity index (χ1) is 17.3. The average molecular weight is 908 g/mol. The van der Waals surface area contributed by atoms with Gasteiger partial charge in [-0.1, -0.05) is 209 Å². The van der Waals surface area contributed by atoms with E-state index in [9.17, 15) is 5.41 Å². The van der Waals surface area contributed by atoms with Gasteiger partial charge in [0.1, 0.15) is 0 Å². The summed E-state index contributed by atoms with van der Waals surface area (Å²) < 4.78 is 18.2. The summed E-state index contributed by atoms with van der Waals surface area (Å²) in [6.07, 6.45) is 3.83. The second kappa shape index (κ2) is 18.2. The van der Waals surface area contributed by atoms with Gasteiger partial charge in [0.2, 0.25) is 0 Å². The van der Waals surface area contributed by atoms with Crippen LogP contribution in [0.2, 0.25) is 118 Å². The number of rotatable bonds is 6. The van der Waals surface area contributed by atoms with E-state index in [0.717, 1.165) is 0 Å². The molecule has 42 heavy (non-hydrogen) atoms. The first kappa shape index (κ1) is 50.4. The fourth-order valence-corrected chi connectivity index (χ4v) is 28.6. The van der Waals surface area contributed by atoms with E-state index in [4.69, 9.17) is 13.9 Å². The minimum absolute atomic E-state index is 0. The molecule has 1 aromatic heterocycles. The van der Waals surface area contributed by atoms with Gasteiger partial charge in [-0.05, 0) is 23.5 Å². The van der Waals surface area contributed by atoms with Gasteiger partial charge in [-0.3, -0.25) is 0 Å². The van der Waals surface area contributed by atoms with Crippen molar-refractivity contribution in [1.82, 2.24) is 9.13 Å². The maximum absolute atomic E-state index is 10.0. The van der Waals surface area contributed by atoms with Crippen LogP contribution in [0.4, 0.5) is 0 Å². The summed E-state index contributed by atoms with van der Waals surface area (Å²) >= 11 is 0. The van der Waals surface area contributed by atoms with Gasteiger partial charge < -0.3 is 28.5 Å². The topological polar surface area (TPSA) is 74.5 Å². The molecule has 6 nitrogen and oxygen atoms in total. The zero-order chi connectivity index (χ0) is 34.3. The molecular weight excluding hydrogens is 833 g/mol. The van der Waals surface area contributed by atoms with Crippen LogP contribution in [0, 0.1) is 39.9 Å². The summed E-state index contributed by atoms with van der Waals surface area (Å²) in [6, 6.07) is 0. The van der Waals surface area contributed by atoms with Gasteiger partial charge in [0, 0.05) is 5.62 Å². The normalized spacial score (nSPS) is 13.4. The van der Waals surface area contributed by atoms with E-state index < -0.39 is 49.4 Å². The van der Waals surface area contributed by atoms with Gasteiger partial charge in [0.15, 0.2) is 0 Å². The number of imidazole rings is 1. The van der Waals surface area contributed by atoms with E-state index in [-0.39, 0.29) is 51.0 Å². The molecular formula is C29H74N6Si6Th. The molecule has 0 fully saturated rings. The first-order valence-electron chi connectivity index (χ1n) is 15.3. The summed E-state index contributed by atoms with van der Waals surface area (Å²) in [5.41, 5.74) is 0.145. The second-order valence-corrected chi connectivity index (χ2v) is 47.8. The first-order valence-corrected chi connectivity index (χ1v) is 36.0. The van der Waals surface area contributed by atoms with E-state index in [0.29, 0.717) is 5.62 Å². The number of hydrogen-bond acceptors (Lipinski definition) is 0. The van der Waals surface area contributed by atoms with Gasteiger partial charge in [0.05, 0.1) is 0 Å². The number of hydrogen-bond donors (Lipinski definition) is 0. The molecule has 1 aromatic rings. The fourth-order valence-electron chi connectivity index (χ4n) is 4.45. The fraction of sp³-hybridized carbons (Fsp3) is 0.897. The zero-order valence-corrected chi connectivity index (χ0v) is 42.9. The van der Waals surface area contributed by atoms with Crippen molar-refractivity contribution in [2.45, 2.75) is 170 Å². The Balaban J connectivity index is -0.000000233. The zero-order valence-electron chi connectivity index (χ0n) is 32.8. The number of aromatic nitrogens is 2. The summed E-state index contributed by atoms with van der Waals surface area (Å²) in [6.45, 7) is 53.8. The Morgan fingerprint density at radius 3 is 0.619 bits per heavy atom. The standard InChI is InChI=1S/C11H20N3.3C6H18NSi2.Th/c1-10(2,3)13-7-8-14(9(13)12)11(4,5)6;3*1-8(2,3)7-9(4,5)6;/h7-8H,1-6H3;3*1-6H3;/q4*-1;+4. The molecule has 0 radical (unpaired) electrons. The molecule has 248 valence electrons. The molecule has 0 saturated heterocycles. The van der Waals surface area contributed by atoms with Crippen LogP contribution in [-0.4, -0.2) is 58.5 Å². The van der Waals surface area contributed by atoms with Gasteiger partial charge in [0.25, 0.3) is 0 Å². The van der Waals surface area contributed by atoms with E-state index >= 15 is 0 Å². The Kier molecular flexibility index (Phi) is 21.8. The molecule has 1 heterocycles. The van der Waals surface area contributed by atoms with Crippen molar-refractivity contribution in [1.29, 1.82) is 0 Å². The van der Waals surface area contributed by atoms with E-state index in [2.05, 4.69) is 159 Å². The smallest absolute Gasteiger partial charge is 0.668 e. The van der Waals surface area contributed by atoms with Crippen LogP contribution < -0.4 is 5.62 Å². The summed E-state index contributed by atoms with van der Waals surface area (Å²) in [5, 5.41) is 10.0. The Labute approximate surface area is 303 Å². The summed E-state index contributed by atoms with van der Waals surface area (Å²) in [4.78, 5) is 0. The van der Waals surface area contributed by atoms with E-state index in [1.807, 2.05) is 21.5 Å². The van der Waals surface area contributed by atoms with Gasteiger partial charge in [-0.15, -0.1) is 0 Å². The van der Waals surface area contributed by atoms with E-state index in [1.165, 1.54) is 0 Å². The van der Waals surface area contributed by atoms with Crippen molar-refractivity contribution in [2.75, 3.05) is 0 Å². The van der Waals surface area contributed by atoms with Crippen molar-refractivity contribution >= 4 is 49.4 Å². The summed E-state index contributed by atoms with van der Waals surface area (Å²) in [7, 11) is -6.64. The average Bonchev–Trinajstić information content (AvgIpc) is 2.87. The molecule has 0 aliphatic heterocycles. The minimum Gasteiger partial charge on any atom is -0.668 e. The second-order valence-electron chi connectivity index (χ2n) is 19.0. The van der Waals surface area contributed by atoms with Crippen molar-refractivity contribution in [3.8, 4) is 0 Å². The minimum atomic E-state index is -1.11. The third-order valence-corrected chi connectivity index (χ3v) is 20.4. The molecule has 0 N–H and O–H groups in total. The van der Waals surface area contributed by atoms with Gasteiger partial charge in [-0.2, -0.15) is 0 Å². The molecule has 0 bridgehead atoms. The quantitative estimate of drug-likeness (QED) is 0.255. The molecule has 0 amide bonds. The molecule has 0 unspecified atom stereocenters. The Morgan fingerprint density at radius 1 is 0.429 bits per heavy atom.